The summed E-state index contributed by atoms with van der Waals surface area (Å²) < 4.78 is 0. The number of H-pyrrole nitrogens is 2. The van der Waals surface area contributed by atoms with E-state index in [1.54, 1.807) is 6.33 Å². The third-order valence-corrected chi connectivity index (χ3v) is 3.87. The molecule has 1 aliphatic heterocycles. The molecule has 1 atom stereocenters. The van der Waals surface area contributed by atoms with Crippen LogP contribution < -0.4 is 10.2 Å². The minimum Gasteiger partial charge on any atom is -0.363 e. The molecule has 0 radical (unpaired) electrons. The molecule has 21 heavy (non-hydrogen) atoms. The number of anilines is 1. The minimum atomic E-state index is 0.151. The van der Waals surface area contributed by atoms with Crippen molar-refractivity contribution in [3.63, 3.8) is 0 Å². The van der Waals surface area contributed by atoms with Crippen molar-refractivity contribution in [2.75, 3.05) is 19.0 Å². The summed E-state index contributed by atoms with van der Waals surface area (Å²) in [4.78, 5) is 22.1. The van der Waals surface area contributed by atoms with E-state index in [9.17, 15) is 0 Å². The Labute approximate surface area is 121 Å². The number of fused-ring (bicyclic) bond motifs is 2. The third kappa shape index (κ3) is 2.06. The predicted octanol–water partition coefficient (Wildman–Crippen LogP) is 1.13. The topological polar surface area (TPSA) is 85.5 Å². The van der Waals surface area contributed by atoms with E-state index < -0.39 is 0 Å². The van der Waals surface area contributed by atoms with Crippen LogP contribution in [-0.4, -0.2) is 39.0 Å². The molecule has 0 bridgehead atoms. The molecule has 0 fully saturated rings. The van der Waals surface area contributed by atoms with Crippen molar-refractivity contribution in [2.24, 2.45) is 0 Å². The number of hydrogen-bond acceptors (Lipinski definition) is 5. The van der Waals surface area contributed by atoms with Gasteiger partial charge in [0.25, 0.3) is 0 Å². The Morgan fingerprint density at radius 1 is 1.24 bits per heavy atom. The summed E-state index contributed by atoms with van der Waals surface area (Å²) >= 11 is 0. The van der Waals surface area contributed by atoms with E-state index in [1.807, 2.05) is 31.1 Å². The normalized spacial score (nSPS) is 17.9. The van der Waals surface area contributed by atoms with Gasteiger partial charge in [0.05, 0.1) is 29.3 Å². The number of aromatic amines is 2. The zero-order valence-electron chi connectivity index (χ0n) is 12.0. The molecule has 7 nitrogen and oxygen atoms in total. The van der Waals surface area contributed by atoms with E-state index in [4.69, 9.17) is 0 Å². The van der Waals surface area contributed by atoms with Crippen LogP contribution in [0.5, 0.6) is 0 Å². The van der Waals surface area contributed by atoms with Gasteiger partial charge in [0, 0.05) is 27.1 Å². The smallest absolute Gasteiger partial charge is 0.179 e. The van der Waals surface area contributed by atoms with Crippen LogP contribution >= 0.6 is 0 Å². The van der Waals surface area contributed by atoms with Gasteiger partial charge in [0.1, 0.15) is 11.6 Å². The number of rotatable bonds is 2. The number of aromatic nitrogens is 5. The molecule has 0 saturated carbocycles. The standard InChI is InChI=1S/C14H17N7/c1-21(2)12-4-3-8-13(19-12)20-14(18-8)10-5-9-11(6-15-10)17-7-16-9/h3-4,7,10,15H,5-6H2,1-2H3,(H,16,17)(H,18,19,20). The average molecular weight is 283 g/mol. The predicted molar refractivity (Wildman–Crippen MR) is 80.1 cm³/mol. The number of pyridine rings is 1. The Balaban J connectivity index is 1.68. The molecular formula is C14H17N7. The SMILES string of the molecule is CN(C)c1ccc2[nH]c(C3Cc4nc[nH]c4CN3)nc2n1. The van der Waals surface area contributed by atoms with E-state index in [-0.39, 0.29) is 6.04 Å². The quantitative estimate of drug-likeness (QED) is 0.656. The van der Waals surface area contributed by atoms with Crippen LogP contribution in [0.3, 0.4) is 0 Å². The lowest BCUT2D eigenvalue weighted by Gasteiger charge is -2.20. The number of imidazole rings is 2. The van der Waals surface area contributed by atoms with Gasteiger partial charge in [-0.25, -0.2) is 15.0 Å². The molecule has 4 heterocycles. The van der Waals surface area contributed by atoms with Crippen LogP contribution in [-0.2, 0) is 13.0 Å². The Bertz CT molecular complexity index is 786. The van der Waals surface area contributed by atoms with Gasteiger partial charge in [0.2, 0.25) is 0 Å². The van der Waals surface area contributed by atoms with Crippen molar-refractivity contribution < 1.29 is 0 Å². The van der Waals surface area contributed by atoms with Gasteiger partial charge < -0.3 is 20.2 Å². The maximum Gasteiger partial charge on any atom is 0.179 e. The van der Waals surface area contributed by atoms with Crippen LogP contribution in [0.25, 0.3) is 11.2 Å². The first-order chi connectivity index (χ1) is 10.2. The van der Waals surface area contributed by atoms with Crippen molar-refractivity contribution in [1.82, 2.24) is 30.2 Å². The largest absolute Gasteiger partial charge is 0.363 e. The van der Waals surface area contributed by atoms with E-state index in [2.05, 4.69) is 30.2 Å². The number of nitrogens with zero attached hydrogens (tertiary/aromatic N) is 4. The first-order valence-corrected chi connectivity index (χ1v) is 6.99. The summed E-state index contributed by atoms with van der Waals surface area (Å²) in [5.41, 5.74) is 3.99. The highest BCUT2D eigenvalue weighted by molar-refractivity contribution is 5.73. The Morgan fingerprint density at radius 2 is 2.14 bits per heavy atom. The van der Waals surface area contributed by atoms with Crippen molar-refractivity contribution in [3.8, 4) is 0 Å². The van der Waals surface area contributed by atoms with E-state index >= 15 is 0 Å². The molecule has 3 N–H and O–H groups in total. The number of hydrogen-bond donors (Lipinski definition) is 3. The molecule has 0 aromatic carbocycles. The molecule has 108 valence electrons. The lowest BCUT2D eigenvalue weighted by Crippen LogP contribution is -2.29. The highest BCUT2D eigenvalue weighted by Crippen LogP contribution is 2.24. The summed E-state index contributed by atoms with van der Waals surface area (Å²) in [6.07, 6.45) is 2.58. The Kier molecular flexibility index (Phi) is 2.68. The van der Waals surface area contributed by atoms with E-state index in [1.165, 1.54) is 0 Å². The molecule has 0 saturated heterocycles. The van der Waals surface area contributed by atoms with E-state index in [0.29, 0.717) is 0 Å². The zero-order valence-corrected chi connectivity index (χ0v) is 12.0. The molecule has 0 spiro atoms. The fourth-order valence-corrected chi connectivity index (χ4v) is 2.68. The molecule has 3 aromatic rings. The van der Waals surface area contributed by atoms with Crippen LogP contribution in [0, 0.1) is 0 Å². The summed E-state index contributed by atoms with van der Waals surface area (Å²) in [6.45, 7) is 0.785. The second kappa shape index (κ2) is 4.56. The van der Waals surface area contributed by atoms with Gasteiger partial charge >= 0.3 is 0 Å². The number of nitrogens with one attached hydrogen (secondary N) is 3. The first-order valence-electron chi connectivity index (χ1n) is 6.99. The molecule has 4 rings (SSSR count). The fraction of sp³-hybridized carbons (Fsp3) is 0.357. The lowest BCUT2D eigenvalue weighted by molar-refractivity contribution is 0.472. The molecule has 7 heteroatoms. The van der Waals surface area contributed by atoms with Crippen molar-refractivity contribution in [1.29, 1.82) is 0 Å². The zero-order chi connectivity index (χ0) is 14.4. The summed E-state index contributed by atoms with van der Waals surface area (Å²) in [5.74, 6) is 1.83. The highest BCUT2D eigenvalue weighted by Gasteiger charge is 2.24. The van der Waals surface area contributed by atoms with Gasteiger partial charge in [-0.3, -0.25) is 0 Å². The van der Waals surface area contributed by atoms with Crippen LogP contribution in [0.15, 0.2) is 18.5 Å². The monoisotopic (exact) mass is 283 g/mol. The molecule has 0 amide bonds. The summed E-state index contributed by atoms with van der Waals surface area (Å²) in [7, 11) is 3.95. The van der Waals surface area contributed by atoms with Crippen LogP contribution in [0.1, 0.15) is 23.3 Å². The summed E-state index contributed by atoms with van der Waals surface area (Å²) in [6, 6.07) is 4.17. The molecule has 0 aliphatic carbocycles. The van der Waals surface area contributed by atoms with E-state index in [0.717, 1.165) is 47.2 Å². The van der Waals surface area contributed by atoms with Gasteiger partial charge in [0.15, 0.2) is 5.65 Å². The van der Waals surface area contributed by atoms with Crippen LogP contribution in [0.2, 0.25) is 0 Å². The molecule has 1 unspecified atom stereocenters. The van der Waals surface area contributed by atoms with Crippen molar-refractivity contribution >= 4 is 17.0 Å². The average Bonchev–Trinajstić information content (AvgIpc) is 3.11. The fourth-order valence-electron chi connectivity index (χ4n) is 2.68. The van der Waals surface area contributed by atoms with Gasteiger partial charge in [-0.15, -0.1) is 0 Å². The van der Waals surface area contributed by atoms with Crippen molar-refractivity contribution in [2.45, 2.75) is 19.0 Å². The Hall–Kier alpha value is -2.41. The third-order valence-electron chi connectivity index (χ3n) is 3.87. The highest BCUT2D eigenvalue weighted by atomic mass is 15.2. The van der Waals surface area contributed by atoms with Crippen LogP contribution in [0.4, 0.5) is 5.82 Å². The molecule has 1 aliphatic rings. The maximum atomic E-state index is 4.64. The second-order valence-electron chi connectivity index (χ2n) is 5.52. The maximum absolute atomic E-state index is 4.64. The molecule has 3 aromatic heterocycles. The van der Waals surface area contributed by atoms with Gasteiger partial charge in [-0.2, -0.15) is 0 Å². The second-order valence-corrected chi connectivity index (χ2v) is 5.52. The minimum absolute atomic E-state index is 0.151. The first kappa shape index (κ1) is 12.3. The van der Waals surface area contributed by atoms with Crippen molar-refractivity contribution in [3.05, 3.63) is 35.7 Å². The molecular weight excluding hydrogens is 266 g/mol. The summed E-state index contributed by atoms with van der Waals surface area (Å²) in [5, 5.41) is 3.47. The van der Waals surface area contributed by atoms with Gasteiger partial charge in [-0.05, 0) is 12.1 Å². The Morgan fingerprint density at radius 3 is 3.00 bits per heavy atom. The lowest BCUT2D eigenvalue weighted by atomic mass is 10.1. The van der Waals surface area contributed by atoms with Gasteiger partial charge in [-0.1, -0.05) is 0 Å².